The van der Waals surface area contributed by atoms with Gasteiger partial charge in [-0.15, -0.1) is 0 Å². The Kier molecular flexibility index (Phi) is 1.46. The van der Waals surface area contributed by atoms with E-state index < -0.39 is 5.82 Å². The van der Waals surface area contributed by atoms with E-state index in [9.17, 15) is 9.18 Å². The van der Waals surface area contributed by atoms with Gasteiger partial charge in [-0.3, -0.25) is 4.79 Å². The summed E-state index contributed by atoms with van der Waals surface area (Å²) in [7, 11) is 0. The molecule has 62 valence electrons. The van der Waals surface area contributed by atoms with Crippen LogP contribution in [0.15, 0.2) is 12.1 Å². The maximum absolute atomic E-state index is 13.1. The van der Waals surface area contributed by atoms with Crippen molar-refractivity contribution in [3.8, 4) is 11.5 Å². The van der Waals surface area contributed by atoms with Crippen molar-refractivity contribution in [1.29, 1.82) is 0 Å². The van der Waals surface area contributed by atoms with E-state index in [2.05, 4.69) is 0 Å². The van der Waals surface area contributed by atoms with Crippen molar-refractivity contribution >= 4 is 6.29 Å². The highest BCUT2D eigenvalue weighted by Crippen LogP contribution is 2.35. The van der Waals surface area contributed by atoms with Crippen LogP contribution in [0.1, 0.15) is 10.4 Å². The number of halogens is 1. The van der Waals surface area contributed by atoms with Crippen LogP contribution in [-0.4, -0.2) is 13.1 Å². The third-order valence-electron chi connectivity index (χ3n) is 1.64. The molecule has 0 amide bonds. The van der Waals surface area contributed by atoms with E-state index in [1.54, 1.807) is 0 Å². The standard InChI is InChI=1S/C8H5FO3/c9-7-5(3-10)1-2-6-8(7)12-4-11-6/h1-3H,4H2. The van der Waals surface area contributed by atoms with Gasteiger partial charge in [0.1, 0.15) is 0 Å². The van der Waals surface area contributed by atoms with Crippen LogP contribution in [0.3, 0.4) is 0 Å². The number of rotatable bonds is 1. The minimum atomic E-state index is -0.653. The highest BCUT2D eigenvalue weighted by atomic mass is 19.1. The summed E-state index contributed by atoms with van der Waals surface area (Å²) >= 11 is 0. The topological polar surface area (TPSA) is 35.5 Å². The lowest BCUT2D eigenvalue weighted by Gasteiger charge is -1.98. The lowest BCUT2D eigenvalue weighted by Crippen LogP contribution is -1.94. The fourth-order valence-corrected chi connectivity index (χ4v) is 1.04. The normalized spacial score (nSPS) is 13.1. The molecule has 0 spiro atoms. The van der Waals surface area contributed by atoms with Gasteiger partial charge < -0.3 is 9.47 Å². The van der Waals surface area contributed by atoms with Crippen molar-refractivity contribution in [3.63, 3.8) is 0 Å². The van der Waals surface area contributed by atoms with Crippen LogP contribution in [0.5, 0.6) is 11.5 Å². The van der Waals surface area contributed by atoms with Crippen LogP contribution in [0.25, 0.3) is 0 Å². The molecule has 0 aliphatic carbocycles. The average molecular weight is 168 g/mol. The van der Waals surface area contributed by atoms with Crippen LogP contribution in [-0.2, 0) is 0 Å². The quantitative estimate of drug-likeness (QED) is 0.594. The summed E-state index contributed by atoms with van der Waals surface area (Å²) in [5.74, 6) is -0.280. The maximum Gasteiger partial charge on any atom is 0.231 e. The number of aldehydes is 1. The fraction of sp³-hybridized carbons (Fsp3) is 0.125. The van der Waals surface area contributed by atoms with Gasteiger partial charge in [0.15, 0.2) is 17.9 Å². The lowest BCUT2D eigenvalue weighted by atomic mass is 10.2. The number of benzene rings is 1. The molecular weight excluding hydrogens is 163 g/mol. The van der Waals surface area contributed by atoms with Gasteiger partial charge in [-0.2, -0.15) is 0 Å². The molecule has 0 N–H and O–H groups in total. The van der Waals surface area contributed by atoms with Crippen molar-refractivity contribution in [1.82, 2.24) is 0 Å². The Morgan fingerprint density at radius 2 is 2.25 bits per heavy atom. The summed E-state index contributed by atoms with van der Waals surface area (Å²) in [5.41, 5.74) is -0.0146. The molecule has 1 heterocycles. The lowest BCUT2D eigenvalue weighted by molar-refractivity contribution is 0.111. The Hall–Kier alpha value is -1.58. The molecule has 3 nitrogen and oxygen atoms in total. The highest BCUT2D eigenvalue weighted by Gasteiger charge is 2.20. The van der Waals surface area contributed by atoms with Crippen LogP contribution in [0.4, 0.5) is 4.39 Å². The van der Waals surface area contributed by atoms with Crippen LogP contribution < -0.4 is 9.47 Å². The monoisotopic (exact) mass is 168 g/mol. The van der Waals surface area contributed by atoms with Crippen molar-refractivity contribution in [2.24, 2.45) is 0 Å². The molecule has 1 aromatic rings. The molecular formula is C8H5FO3. The maximum atomic E-state index is 13.1. The molecule has 0 saturated carbocycles. The molecule has 0 atom stereocenters. The molecule has 0 saturated heterocycles. The first-order valence-corrected chi connectivity index (χ1v) is 3.36. The van der Waals surface area contributed by atoms with Crippen LogP contribution in [0, 0.1) is 5.82 Å². The molecule has 0 unspecified atom stereocenters. The summed E-state index contributed by atoms with van der Waals surface area (Å²) in [4.78, 5) is 10.3. The summed E-state index contributed by atoms with van der Waals surface area (Å²) in [6.07, 6.45) is 0.442. The van der Waals surface area contributed by atoms with E-state index in [-0.39, 0.29) is 18.1 Å². The Balaban J connectivity index is 2.61. The zero-order valence-electron chi connectivity index (χ0n) is 6.04. The number of hydrogen-bond donors (Lipinski definition) is 0. The Morgan fingerprint density at radius 1 is 1.42 bits per heavy atom. The molecule has 12 heavy (non-hydrogen) atoms. The summed E-state index contributed by atoms with van der Waals surface area (Å²) < 4.78 is 22.9. The second-order valence-corrected chi connectivity index (χ2v) is 2.32. The SMILES string of the molecule is O=Cc1ccc2c(c1F)OCO2. The molecule has 1 aliphatic rings. The van der Waals surface area contributed by atoms with Gasteiger partial charge >= 0.3 is 0 Å². The predicted molar refractivity (Wildman–Crippen MR) is 37.9 cm³/mol. The van der Waals surface area contributed by atoms with Gasteiger partial charge in [-0.25, -0.2) is 4.39 Å². The number of hydrogen-bond acceptors (Lipinski definition) is 3. The molecule has 0 bridgehead atoms. The number of carbonyl (C=O) groups excluding carboxylic acids is 1. The largest absolute Gasteiger partial charge is 0.453 e. The van der Waals surface area contributed by atoms with Crippen molar-refractivity contribution in [3.05, 3.63) is 23.5 Å². The highest BCUT2D eigenvalue weighted by molar-refractivity contribution is 5.77. The zero-order valence-corrected chi connectivity index (χ0v) is 6.04. The van der Waals surface area contributed by atoms with E-state index >= 15 is 0 Å². The smallest absolute Gasteiger partial charge is 0.231 e. The second-order valence-electron chi connectivity index (χ2n) is 2.32. The molecule has 1 aliphatic heterocycles. The Labute approximate surface area is 67.7 Å². The van der Waals surface area contributed by atoms with Gasteiger partial charge in [0.25, 0.3) is 0 Å². The minimum Gasteiger partial charge on any atom is -0.453 e. The predicted octanol–water partition coefficient (Wildman–Crippen LogP) is 1.37. The van der Waals surface area contributed by atoms with E-state index in [1.165, 1.54) is 12.1 Å². The molecule has 4 heteroatoms. The van der Waals surface area contributed by atoms with Gasteiger partial charge in [0.2, 0.25) is 12.5 Å². The van der Waals surface area contributed by atoms with Gasteiger partial charge in [0, 0.05) is 0 Å². The van der Waals surface area contributed by atoms with Gasteiger partial charge in [-0.1, -0.05) is 0 Å². The molecule has 1 aromatic carbocycles. The molecule has 0 aromatic heterocycles. The first-order valence-electron chi connectivity index (χ1n) is 3.36. The van der Waals surface area contributed by atoms with Gasteiger partial charge in [0.05, 0.1) is 5.56 Å². The first kappa shape index (κ1) is 7.09. The van der Waals surface area contributed by atoms with Crippen molar-refractivity contribution in [2.75, 3.05) is 6.79 Å². The van der Waals surface area contributed by atoms with E-state index in [1.807, 2.05) is 0 Å². The van der Waals surface area contributed by atoms with Gasteiger partial charge in [-0.05, 0) is 12.1 Å². The third-order valence-corrected chi connectivity index (χ3v) is 1.64. The summed E-state index contributed by atoms with van der Waals surface area (Å²) in [6, 6.07) is 2.87. The first-order chi connectivity index (χ1) is 5.83. The van der Waals surface area contributed by atoms with Crippen LogP contribution >= 0.6 is 0 Å². The number of carbonyl (C=O) groups is 1. The van der Waals surface area contributed by atoms with E-state index in [4.69, 9.17) is 9.47 Å². The summed E-state index contributed by atoms with van der Waals surface area (Å²) in [5, 5.41) is 0. The van der Waals surface area contributed by atoms with Crippen molar-refractivity contribution < 1.29 is 18.7 Å². The van der Waals surface area contributed by atoms with Crippen LogP contribution in [0.2, 0.25) is 0 Å². The fourth-order valence-electron chi connectivity index (χ4n) is 1.04. The summed E-state index contributed by atoms with van der Waals surface area (Å²) in [6.45, 7) is 0.00850. The minimum absolute atomic E-state index is 0.00850. The average Bonchev–Trinajstić information content (AvgIpc) is 2.53. The number of fused-ring (bicyclic) bond motifs is 1. The van der Waals surface area contributed by atoms with E-state index in [0.717, 1.165) is 0 Å². The van der Waals surface area contributed by atoms with Crippen molar-refractivity contribution in [2.45, 2.75) is 0 Å². The zero-order chi connectivity index (χ0) is 8.55. The molecule has 0 fully saturated rings. The second kappa shape index (κ2) is 2.48. The molecule has 0 radical (unpaired) electrons. The third kappa shape index (κ3) is 0.845. The number of ether oxygens (including phenoxy) is 2. The van der Waals surface area contributed by atoms with E-state index in [0.29, 0.717) is 12.0 Å². The Bertz CT molecular complexity index is 335. The molecule has 2 rings (SSSR count). The Morgan fingerprint density at radius 3 is 3.00 bits per heavy atom.